The van der Waals surface area contributed by atoms with Gasteiger partial charge in [0, 0.05) is 31.3 Å². The van der Waals surface area contributed by atoms with Crippen LogP contribution in [0.2, 0.25) is 0 Å². The number of thiophene rings is 1. The topological polar surface area (TPSA) is 133 Å². The highest BCUT2D eigenvalue weighted by Crippen LogP contribution is 2.40. The molecule has 0 spiro atoms. The Hall–Kier alpha value is -7.10. The van der Waals surface area contributed by atoms with E-state index in [1.165, 1.54) is 23.5 Å². The Labute approximate surface area is 304 Å². The molecule has 8 aromatic carbocycles. The lowest BCUT2D eigenvalue weighted by Crippen LogP contribution is -2.15. The first kappa shape index (κ1) is 31.9. The molecule has 9 heteroatoms. The van der Waals surface area contributed by atoms with Crippen molar-refractivity contribution in [1.82, 2.24) is 0 Å². The van der Waals surface area contributed by atoms with Gasteiger partial charge in [-0.1, -0.05) is 60.7 Å². The molecule has 254 valence electrons. The summed E-state index contributed by atoms with van der Waals surface area (Å²) in [6.45, 7) is 0. The van der Waals surface area contributed by atoms with Gasteiger partial charge in [0.2, 0.25) is 0 Å². The predicted octanol–water partition coefficient (Wildman–Crippen LogP) is 10.6. The fraction of sp³-hybridized carbons (Fsp3) is 0. The minimum Gasteiger partial charge on any atom is -0.478 e. The third-order valence-corrected chi connectivity index (χ3v) is 10.8. The summed E-state index contributed by atoms with van der Waals surface area (Å²) in [5.41, 5.74) is 0.664. The number of carboxylic acids is 2. The third-order valence-electron chi connectivity index (χ3n) is 9.64. The van der Waals surface area contributed by atoms with Crippen molar-refractivity contribution in [3.05, 3.63) is 156 Å². The van der Waals surface area contributed by atoms with Gasteiger partial charge in [0.1, 0.15) is 0 Å². The van der Waals surface area contributed by atoms with E-state index in [1.54, 1.807) is 36.4 Å². The fourth-order valence-corrected chi connectivity index (χ4v) is 8.13. The number of hydrogen-bond acceptors (Lipinski definition) is 5. The summed E-state index contributed by atoms with van der Waals surface area (Å²) in [4.78, 5) is 52.0. The van der Waals surface area contributed by atoms with E-state index in [1.807, 2.05) is 72.8 Å². The molecule has 0 aliphatic rings. The Morgan fingerprint density at radius 1 is 0.415 bits per heavy atom. The smallest absolute Gasteiger partial charge is 0.337 e. The molecule has 0 aliphatic carbocycles. The first-order valence-corrected chi connectivity index (χ1v) is 17.5. The third kappa shape index (κ3) is 5.65. The number of benzene rings is 8. The average molecular weight is 711 g/mol. The molecule has 1 heterocycles. The minimum absolute atomic E-state index is 0.108. The molecule has 4 N–H and O–H groups in total. The zero-order valence-corrected chi connectivity index (χ0v) is 28.5. The van der Waals surface area contributed by atoms with Gasteiger partial charge >= 0.3 is 11.9 Å². The van der Waals surface area contributed by atoms with Crippen molar-refractivity contribution in [2.45, 2.75) is 0 Å². The Kier molecular flexibility index (Phi) is 7.39. The highest BCUT2D eigenvalue weighted by molar-refractivity contribution is 7.25. The minimum atomic E-state index is -1.25. The number of carbonyl (C=O) groups is 4. The summed E-state index contributed by atoms with van der Waals surface area (Å²) in [6, 6.07) is 40.8. The van der Waals surface area contributed by atoms with Crippen LogP contribution in [-0.4, -0.2) is 34.0 Å². The van der Waals surface area contributed by atoms with E-state index in [-0.39, 0.29) is 22.5 Å². The molecular formula is C44H26N2O6S. The molecule has 0 bridgehead atoms. The van der Waals surface area contributed by atoms with Gasteiger partial charge in [-0.05, 0) is 116 Å². The van der Waals surface area contributed by atoms with E-state index >= 15 is 0 Å². The largest absolute Gasteiger partial charge is 0.478 e. The van der Waals surface area contributed by atoms with Gasteiger partial charge < -0.3 is 20.8 Å². The molecule has 0 saturated heterocycles. The van der Waals surface area contributed by atoms with Crippen LogP contribution in [0.25, 0.3) is 63.3 Å². The van der Waals surface area contributed by atoms with Crippen LogP contribution in [0.1, 0.15) is 41.4 Å². The highest BCUT2D eigenvalue weighted by atomic mass is 32.1. The molecule has 53 heavy (non-hydrogen) atoms. The number of aromatic carboxylic acids is 2. The normalized spacial score (nSPS) is 11.5. The summed E-state index contributed by atoms with van der Waals surface area (Å²) in [7, 11) is 0. The van der Waals surface area contributed by atoms with Gasteiger partial charge in [-0.2, -0.15) is 0 Å². The van der Waals surface area contributed by atoms with Gasteiger partial charge in [0.15, 0.2) is 0 Å². The second-order valence-corrected chi connectivity index (χ2v) is 14.0. The highest BCUT2D eigenvalue weighted by Gasteiger charge is 2.21. The first-order valence-electron chi connectivity index (χ1n) is 16.7. The summed E-state index contributed by atoms with van der Waals surface area (Å²) in [5, 5.41) is 34.9. The monoisotopic (exact) mass is 710 g/mol. The maximum atomic E-state index is 13.5. The van der Waals surface area contributed by atoms with E-state index in [2.05, 4.69) is 22.8 Å². The van der Waals surface area contributed by atoms with Gasteiger partial charge in [-0.25, -0.2) is 9.59 Å². The maximum Gasteiger partial charge on any atom is 0.337 e. The van der Waals surface area contributed by atoms with Crippen molar-refractivity contribution in [3.8, 4) is 0 Å². The summed E-state index contributed by atoms with van der Waals surface area (Å²) in [5.74, 6) is -3.44. The number of fused-ring (bicyclic) bond motifs is 7. The van der Waals surface area contributed by atoms with E-state index in [0.29, 0.717) is 31.3 Å². The van der Waals surface area contributed by atoms with Crippen LogP contribution in [0.4, 0.5) is 11.4 Å². The van der Waals surface area contributed by atoms with Crippen LogP contribution in [0.5, 0.6) is 0 Å². The van der Waals surface area contributed by atoms with Gasteiger partial charge in [-0.3, -0.25) is 9.59 Å². The van der Waals surface area contributed by atoms with Crippen molar-refractivity contribution in [2.75, 3.05) is 10.6 Å². The number of nitrogens with one attached hydrogen (secondary N) is 2. The predicted molar refractivity (Wildman–Crippen MR) is 212 cm³/mol. The lowest BCUT2D eigenvalue weighted by atomic mass is 10.0. The average Bonchev–Trinajstić information content (AvgIpc) is 3.50. The van der Waals surface area contributed by atoms with E-state index < -0.39 is 23.8 Å². The molecule has 9 rings (SSSR count). The molecule has 1 aromatic heterocycles. The van der Waals surface area contributed by atoms with E-state index in [0.717, 1.165) is 43.1 Å². The van der Waals surface area contributed by atoms with Crippen LogP contribution >= 0.6 is 11.3 Å². The standard InChI is InChI=1S/C44H26N2O6S/c47-41(29-11-9-27-13-23-5-1-3-7-25(23)15-31(27)17-29)45-37-21-39-33(19-35(37)43(49)50)34-20-36(44(51)52)38(22-40(34)53-39)46-42(48)30-12-10-28-14-24-6-2-4-8-26(24)16-32(28)18-30/h1-22H,(H,45,47)(H,46,48)(H,49,50)(H,51,52). The number of carbonyl (C=O) groups excluding carboxylic acids is 2. The molecule has 9 aromatic rings. The molecule has 0 atom stereocenters. The molecule has 8 nitrogen and oxygen atoms in total. The summed E-state index contributed by atoms with van der Waals surface area (Å²) < 4.78 is 1.26. The Bertz CT molecular complexity index is 2870. The van der Waals surface area contributed by atoms with Crippen LogP contribution in [0, 0.1) is 0 Å². The summed E-state index contributed by atoms with van der Waals surface area (Å²) >= 11 is 1.29. The molecule has 0 radical (unpaired) electrons. The van der Waals surface area contributed by atoms with Gasteiger partial charge in [-0.15, -0.1) is 11.3 Å². The van der Waals surface area contributed by atoms with Gasteiger partial charge in [0.25, 0.3) is 11.8 Å². The van der Waals surface area contributed by atoms with Crippen LogP contribution in [0.15, 0.2) is 133 Å². The van der Waals surface area contributed by atoms with Crippen molar-refractivity contribution < 1.29 is 29.4 Å². The Morgan fingerprint density at radius 2 is 0.774 bits per heavy atom. The SMILES string of the molecule is O=C(Nc1cc2sc3cc(NC(=O)c4ccc5cc6ccccc6cc5c4)c(C(=O)O)cc3c2cc1C(=O)O)c1ccc2cc3ccccc3cc2c1. The number of amides is 2. The number of rotatable bonds is 6. The quantitative estimate of drug-likeness (QED) is 0.127. The lowest BCUT2D eigenvalue weighted by Gasteiger charge is -2.11. The Balaban J connectivity index is 1.06. The second-order valence-electron chi connectivity index (χ2n) is 12.9. The van der Waals surface area contributed by atoms with Crippen LogP contribution in [0.3, 0.4) is 0 Å². The molecule has 0 unspecified atom stereocenters. The first-order chi connectivity index (χ1) is 25.7. The number of carboxylic acid groups (broad SMARTS) is 2. The zero-order chi connectivity index (χ0) is 36.4. The molecule has 0 aliphatic heterocycles. The molecule has 0 fully saturated rings. The van der Waals surface area contributed by atoms with Crippen molar-refractivity contribution in [2.24, 2.45) is 0 Å². The van der Waals surface area contributed by atoms with E-state index in [9.17, 15) is 29.4 Å². The van der Waals surface area contributed by atoms with Crippen molar-refractivity contribution >= 4 is 110 Å². The number of anilines is 2. The molecule has 0 saturated carbocycles. The summed E-state index contributed by atoms with van der Waals surface area (Å²) in [6.07, 6.45) is 0. The molecule has 2 amide bonds. The van der Waals surface area contributed by atoms with Gasteiger partial charge in [0.05, 0.1) is 22.5 Å². The van der Waals surface area contributed by atoms with Crippen LogP contribution in [-0.2, 0) is 0 Å². The Morgan fingerprint density at radius 3 is 1.15 bits per heavy atom. The second kappa shape index (κ2) is 12.3. The van der Waals surface area contributed by atoms with Crippen molar-refractivity contribution in [1.29, 1.82) is 0 Å². The van der Waals surface area contributed by atoms with Crippen LogP contribution < -0.4 is 10.6 Å². The van der Waals surface area contributed by atoms with E-state index in [4.69, 9.17) is 0 Å². The maximum absolute atomic E-state index is 13.5. The fourth-order valence-electron chi connectivity index (χ4n) is 6.98. The molecular weight excluding hydrogens is 685 g/mol. The number of hydrogen-bond donors (Lipinski definition) is 4. The zero-order valence-electron chi connectivity index (χ0n) is 27.6. The lowest BCUT2D eigenvalue weighted by molar-refractivity contribution is 0.0687. The van der Waals surface area contributed by atoms with Crippen molar-refractivity contribution in [3.63, 3.8) is 0 Å².